The Morgan fingerprint density at radius 1 is 1.25 bits per heavy atom. The first-order valence-corrected chi connectivity index (χ1v) is 8.72. The molecular weight excluding hydrogens is 372 g/mol. The van der Waals surface area contributed by atoms with Crippen LogP contribution >= 0.6 is 12.4 Å². The first-order valence-electron chi connectivity index (χ1n) is 7.24. The number of hydrogen-bond donors (Lipinski definition) is 2. The van der Waals surface area contributed by atoms with Crippen LogP contribution in [0.1, 0.15) is 31.2 Å². The highest BCUT2D eigenvalue weighted by molar-refractivity contribution is 7.89. The summed E-state index contributed by atoms with van der Waals surface area (Å²) in [6.45, 7) is 0.00444. The summed E-state index contributed by atoms with van der Waals surface area (Å²) < 4.78 is 78.7. The van der Waals surface area contributed by atoms with Crippen LogP contribution in [-0.2, 0) is 16.2 Å². The Kier molecular flexibility index (Phi) is 7.04. The van der Waals surface area contributed by atoms with Gasteiger partial charge >= 0.3 is 6.18 Å². The summed E-state index contributed by atoms with van der Waals surface area (Å²) >= 11 is 0. The van der Waals surface area contributed by atoms with Gasteiger partial charge in [0.15, 0.2) is 0 Å². The minimum absolute atomic E-state index is 0. The molecule has 1 unspecified atom stereocenters. The van der Waals surface area contributed by atoms with Gasteiger partial charge in [0.25, 0.3) is 0 Å². The van der Waals surface area contributed by atoms with E-state index in [9.17, 15) is 26.0 Å². The predicted octanol–water partition coefficient (Wildman–Crippen LogP) is 3.06. The molecule has 1 atom stereocenters. The topological polar surface area (TPSA) is 72.2 Å². The molecule has 0 aliphatic heterocycles. The van der Waals surface area contributed by atoms with Crippen molar-refractivity contribution >= 4 is 22.4 Å². The maximum absolute atomic E-state index is 13.8. The van der Waals surface area contributed by atoms with Crippen LogP contribution in [-0.4, -0.2) is 21.0 Å². The minimum atomic E-state index is -4.75. The molecule has 0 saturated heterocycles. The molecule has 1 aromatic carbocycles. The lowest BCUT2D eigenvalue weighted by atomic mass is 9.99. The van der Waals surface area contributed by atoms with Crippen molar-refractivity contribution < 1.29 is 26.0 Å². The lowest BCUT2D eigenvalue weighted by molar-refractivity contribution is -0.137. The Hall–Kier alpha value is -0.900. The van der Waals surface area contributed by atoms with E-state index in [0.717, 1.165) is 25.7 Å². The van der Waals surface area contributed by atoms with Crippen LogP contribution in [0.5, 0.6) is 0 Å². The lowest BCUT2D eigenvalue weighted by Gasteiger charge is -2.23. The second kappa shape index (κ2) is 7.99. The van der Waals surface area contributed by atoms with E-state index in [1.165, 1.54) is 0 Å². The minimum Gasteiger partial charge on any atom is -0.329 e. The van der Waals surface area contributed by atoms with E-state index in [1.54, 1.807) is 0 Å². The van der Waals surface area contributed by atoms with Crippen LogP contribution in [0.3, 0.4) is 0 Å². The van der Waals surface area contributed by atoms with Gasteiger partial charge in [-0.25, -0.2) is 17.5 Å². The van der Waals surface area contributed by atoms with Gasteiger partial charge in [0.2, 0.25) is 10.0 Å². The highest BCUT2D eigenvalue weighted by atomic mass is 35.5. The molecule has 0 radical (unpaired) electrons. The van der Waals surface area contributed by atoms with Crippen LogP contribution in [0.25, 0.3) is 0 Å². The largest absolute Gasteiger partial charge is 0.416 e. The van der Waals surface area contributed by atoms with Crippen molar-refractivity contribution in [3.05, 3.63) is 29.6 Å². The van der Waals surface area contributed by atoms with Crippen molar-refractivity contribution in [1.82, 2.24) is 4.72 Å². The van der Waals surface area contributed by atoms with E-state index in [0.29, 0.717) is 18.2 Å². The van der Waals surface area contributed by atoms with E-state index >= 15 is 0 Å². The summed E-state index contributed by atoms with van der Waals surface area (Å²) in [4.78, 5) is -1.01. The maximum atomic E-state index is 13.8. The summed E-state index contributed by atoms with van der Waals surface area (Å²) in [6.07, 6.45) is -1.29. The van der Waals surface area contributed by atoms with Crippen molar-refractivity contribution in [3.8, 4) is 0 Å². The molecule has 10 heteroatoms. The predicted molar refractivity (Wildman–Crippen MR) is 83.8 cm³/mol. The van der Waals surface area contributed by atoms with Crippen molar-refractivity contribution in [2.75, 3.05) is 6.54 Å². The zero-order valence-electron chi connectivity index (χ0n) is 12.6. The number of benzene rings is 1. The van der Waals surface area contributed by atoms with Crippen LogP contribution in [0.2, 0.25) is 0 Å². The maximum Gasteiger partial charge on any atom is 0.416 e. The molecule has 0 spiro atoms. The quantitative estimate of drug-likeness (QED) is 0.759. The van der Waals surface area contributed by atoms with Gasteiger partial charge in [-0.05, 0) is 37.0 Å². The Labute approximate surface area is 144 Å². The fourth-order valence-electron chi connectivity index (χ4n) is 2.84. The fraction of sp³-hybridized carbons (Fsp3) is 0.571. The highest BCUT2D eigenvalue weighted by Crippen LogP contribution is 2.32. The number of nitrogens with two attached hydrogens (primary N) is 1. The SMILES string of the molecule is Cl.NCC(NS(=O)(=O)c1cc(C(F)(F)F)ccc1F)C1CCCC1. The fourth-order valence-corrected chi connectivity index (χ4v) is 4.27. The second-order valence-electron chi connectivity index (χ2n) is 5.65. The standard InChI is InChI=1S/C14H18F4N2O2S.ClH/c15-11-6-5-10(14(16,17)18)7-13(11)23(21,22)20-12(8-19)9-3-1-2-4-9;/h5-7,9,12,20H,1-4,8,19H2;1H. The van der Waals surface area contributed by atoms with E-state index in [1.807, 2.05) is 0 Å². The molecule has 1 aliphatic carbocycles. The van der Waals surface area contributed by atoms with Crippen LogP contribution < -0.4 is 10.5 Å². The number of rotatable bonds is 5. The number of sulfonamides is 1. The van der Waals surface area contributed by atoms with Crippen LogP contribution in [0.15, 0.2) is 23.1 Å². The average Bonchev–Trinajstić information content (AvgIpc) is 2.97. The molecule has 0 heterocycles. The second-order valence-corrected chi connectivity index (χ2v) is 7.33. The third-order valence-electron chi connectivity index (χ3n) is 4.08. The van der Waals surface area contributed by atoms with Gasteiger partial charge in [-0.3, -0.25) is 0 Å². The molecule has 138 valence electrons. The molecule has 0 aromatic heterocycles. The van der Waals surface area contributed by atoms with Crippen molar-refractivity contribution in [1.29, 1.82) is 0 Å². The molecule has 1 saturated carbocycles. The normalized spacial score (nSPS) is 17.5. The van der Waals surface area contributed by atoms with Crippen molar-refractivity contribution in [2.24, 2.45) is 11.7 Å². The molecule has 4 nitrogen and oxygen atoms in total. The van der Waals surface area contributed by atoms with Gasteiger partial charge in [0.1, 0.15) is 10.7 Å². The van der Waals surface area contributed by atoms with Gasteiger partial charge < -0.3 is 5.73 Å². The van der Waals surface area contributed by atoms with Crippen molar-refractivity contribution in [2.45, 2.75) is 42.8 Å². The summed E-state index contributed by atoms with van der Waals surface area (Å²) in [6, 6.07) is 0.701. The van der Waals surface area contributed by atoms with E-state index in [2.05, 4.69) is 4.72 Å². The number of hydrogen-bond acceptors (Lipinski definition) is 3. The molecule has 1 aromatic rings. The van der Waals surface area contributed by atoms with E-state index in [4.69, 9.17) is 5.73 Å². The van der Waals surface area contributed by atoms with Crippen LogP contribution in [0.4, 0.5) is 17.6 Å². The third kappa shape index (κ3) is 4.81. The highest BCUT2D eigenvalue weighted by Gasteiger charge is 2.34. The van der Waals surface area contributed by atoms with Crippen LogP contribution in [0, 0.1) is 11.7 Å². The molecule has 3 N–H and O–H groups in total. The molecule has 24 heavy (non-hydrogen) atoms. The average molecular weight is 391 g/mol. The molecule has 1 fully saturated rings. The lowest BCUT2D eigenvalue weighted by Crippen LogP contribution is -2.44. The summed E-state index contributed by atoms with van der Waals surface area (Å²) in [5.41, 5.74) is 4.36. The Morgan fingerprint density at radius 2 is 1.83 bits per heavy atom. The molecular formula is C14H19ClF4N2O2S. The smallest absolute Gasteiger partial charge is 0.329 e. The first kappa shape index (κ1) is 21.1. The Morgan fingerprint density at radius 3 is 2.33 bits per heavy atom. The number of halogens is 5. The van der Waals surface area contributed by atoms with E-state index in [-0.39, 0.29) is 24.9 Å². The van der Waals surface area contributed by atoms with Gasteiger partial charge in [-0.1, -0.05) is 12.8 Å². The molecule has 0 amide bonds. The zero-order chi connectivity index (χ0) is 17.3. The summed E-state index contributed by atoms with van der Waals surface area (Å²) in [5, 5.41) is 0. The Bertz CT molecular complexity index is 661. The zero-order valence-corrected chi connectivity index (χ0v) is 14.3. The third-order valence-corrected chi connectivity index (χ3v) is 5.58. The van der Waals surface area contributed by atoms with Gasteiger partial charge in [0, 0.05) is 12.6 Å². The van der Waals surface area contributed by atoms with Gasteiger partial charge in [-0.15, -0.1) is 12.4 Å². The molecule has 1 aliphatic rings. The Balaban J connectivity index is 0.00000288. The van der Waals surface area contributed by atoms with E-state index < -0.39 is 38.5 Å². The number of nitrogens with one attached hydrogen (secondary N) is 1. The number of alkyl halides is 3. The summed E-state index contributed by atoms with van der Waals surface area (Å²) in [7, 11) is -4.43. The van der Waals surface area contributed by atoms with Crippen molar-refractivity contribution in [3.63, 3.8) is 0 Å². The molecule has 2 rings (SSSR count). The van der Waals surface area contributed by atoms with Gasteiger partial charge in [0.05, 0.1) is 5.56 Å². The van der Waals surface area contributed by atoms with Gasteiger partial charge in [-0.2, -0.15) is 13.2 Å². The monoisotopic (exact) mass is 390 g/mol. The summed E-state index contributed by atoms with van der Waals surface area (Å²) in [5.74, 6) is -1.21. The first-order chi connectivity index (χ1) is 10.6. The molecule has 0 bridgehead atoms.